The molecule has 0 amide bonds. The van der Waals surface area contributed by atoms with Gasteiger partial charge in [0.05, 0.1) is 30.9 Å². The third-order valence-corrected chi connectivity index (χ3v) is 6.28. The molecule has 0 radical (unpaired) electrons. The van der Waals surface area contributed by atoms with Crippen molar-refractivity contribution in [3.05, 3.63) is 38.5 Å². The van der Waals surface area contributed by atoms with Gasteiger partial charge in [0.1, 0.15) is 16.0 Å². The van der Waals surface area contributed by atoms with Crippen LogP contribution in [-0.2, 0) is 4.84 Å². The standard InChI is InChI=1S/C18H18FN5O3S/c1-27-21-12-7-23(6-11(12)20)14-5-13-9(4-10(14)19)16(25)15-17(26)22-28-18(15)24(13)8-2-3-8/h4-5,8,12,20-21H,2-3,6-7H2,1H3,(H,22,26). The van der Waals surface area contributed by atoms with E-state index in [0.717, 1.165) is 24.4 Å². The van der Waals surface area contributed by atoms with Gasteiger partial charge in [-0.1, -0.05) is 0 Å². The summed E-state index contributed by atoms with van der Waals surface area (Å²) in [5, 5.41) is 8.40. The minimum atomic E-state index is -0.538. The molecule has 0 spiro atoms. The van der Waals surface area contributed by atoms with Crippen LogP contribution >= 0.6 is 11.5 Å². The highest BCUT2D eigenvalue weighted by Crippen LogP contribution is 2.40. The molecule has 2 fully saturated rings. The average molecular weight is 403 g/mol. The lowest BCUT2D eigenvalue weighted by Crippen LogP contribution is -2.35. The number of benzene rings is 1. The number of H-pyrrole nitrogens is 1. The van der Waals surface area contributed by atoms with Crippen molar-refractivity contribution in [1.29, 1.82) is 5.41 Å². The molecule has 2 aromatic heterocycles. The number of nitrogens with one attached hydrogen (secondary N) is 3. The predicted molar refractivity (Wildman–Crippen MR) is 106 cm³/mol. The summed E-state index contributed by atoms with van der Waals surface area (Å²) in [5.74, 6) is -0.538. The minimum absolute atomic E-state index is 0.101. The summed E-state index contributed by atoms with van der Waals surface area (Å²) in [4.78, 5) is 32.3. The van der Waals surface area contributed by atoms with Crippen LogP contribution in [0.3, 0.4) is 0 Å². The highest BCUT2D eigenvalue weighted by Gasteiger charge is 2.32. The Morgan fingerprint density at radius 1 is 1.36 bits per heavy atom. The maximum Gasteiger partial charge on any atom is 0.271 e. The summed E-state index contributed by atoms with van der Waals surface area (Å²) in [6.45, 7) is 0.666. The fourth-order valence-corrected chi connectivity index (χ4v) is 4.85. The summed E-state index contributed by atoms with van der Waals surface area (Å²) in [6.07, 6.45) is 1.92. The second-order valence-electron chi connectivity index (χ2n) is 7.24. The molecule has 3 heterocycles. The van der Waals surface area contributed by atoms with E-state index in [1.54, 1.807) is 11.0 Å². The fourth-order valence-electron chi connectivity index (χ4n) is 3.92. The van der Waals surface area contributed by atoms with Gasteiger partial charge < -0.3 is 19.7 Å². The van der Waals surface area contributed by atoms with E-state index in [1.165, 1.54) is 13.2 Å². The Labute approximate surface area is 162 Å². The van der Waals surface area contributed by atoms with Gasteiger partial charge in [-0.25, -0.2) is 4.39 Å². The molecular formula is C18H18FN5O3S. The van der Waals surface area contributed by atoms with Crippen molar-refractivity contribution >= 4 is 44.1 Å². The predicted octanol–water partition coefficient (Wildman–Crippen LogP) is 1.74. The number of pyridine rings is 1. The maximum absolute atomic E-state index is 15.0. The lowest BCUT2D eigenvalue weighted by Gasteiger charge is -2.21. The van der Waals surface area contributed by atoms with E-state index in [2.05, 4.69) is 9.85 Å². The maximum atomic E-state index is 15.0. The fraction of sp³-hybridized carbons (Fsp3) is 0.389. The van der Waals surface area contributed by atoms with Gasteiger partial charge in [0.15, 0.2) is 0 Å². The van der Waals surface area contributed by atoms with E-state index in [4.69, 9.17) is 10.2 Å². The van der Waals surface area contributed by atoms with E-state index < -0.39 is 16.8 Å². The molecule has 1 saturated heterocycles. The van der Waals surface area contributed by atoms with E-state index in [-0.39, 0.29) is 29.4 Å². The first kappa shape index (κ1) is 17.5. The molecule has 1 saturated carbocycles. The largest absolute Gasteiger partial charge is 0.361 e. The lowest BCUT2D eigenvalue weighted by molar-refractivity contribution is 0.0820. The molecule has 1 aromatic carbocycles. The molecule has 0 bridgehead atoms. The number of nitrogens with zero attached hydrogens (tertiary/aromatic N) is 2. The van der Waals surface area contributed by atoms with E-state index in [1.807, 2.05) is 4.57 Å². The third kappa shape index (κ3) is 2.52. The van der Waals surface area contributed by atoms with Gasteiger partial charge in [-0.05, 0) is 36.5 Å². The van der Waals surface area contributed by atoms with Gasteiger partial charge in [-0.15, -0.1) is 0 Å². The molecule has 28 heavy (non-hydrogen) atoms. The zero-order chi connectivity index (χ0) is 19.6. The molecule has 8 nitrogen and oxygen atoms in total. The monoisotopic (exact) mass is 403 g/mol. The summed E-state index contributed by atoms with van der Waals surface area (Å²) in [6, 6.07) is 2.79. The quantitative estimate of drug-likeness (QED) is 0.576. The normalized spacial score (nSPS) is 20.0. The molecule has 1 aliphatic carbocycles. The molecular weight excluding hydrogens is 385 g/mol. The topological polar surface area (TPSA) is 103 Å². The van der Waals surface area contributed by atoms with Crippen molar-refractivity contribution in [2.24, 2.45) is 0 Å². The molecule has 2 aliphatic rings. The van der Waals surface area contributed by atoms with E-state index >= 15 is 0 Å². The van der Waals surface area contributed by atoms with Crippen molar-refractivity contribution in [2.75, 3.05) is 25.1 Å². The number of rotatable bonds is 4. The van der Waals surface area contributed by atoms with Gasteiger partial charge in [0, 0.05) is 23.7 Å². The van der Waals surface area contributed by atoms with Crippen LogP contribution in [0.15, 0.2) is 21.7 Å². The molecule has 3 aromatic rings. The molecule has 1 atom stereocenters. The number of aromatic amines is 1. The molecule has 5 rings (SSSR count). The number of hydroxylamine groups is 1. The van der Waals surface area contributed by atoms with Crippen LogP contribution in [0.5, 0.6) is 0 Å². The number of halogens is 1. The molecule has 3 N–H and O–H groups in total. The molecule has 10 heteroatoms. The Morgan fingerprint density at radius 3 is 2.86 bits per heavy atom. The van der Waals surface area contributed by atoms with Crippen LogP contribution in [0.25, 0.3) is 21.1 Å². The van der Waals surface area contributed by atoms with Gasteiger partial charge in [-0.2, -0.15) is 5.48 Å². The van der Waals surface area contributed by atoms with Crippen molar-refractivity contribution in [3.8, 4) is 0 Å². The Hall–Kier alpha value is -2.56. The molecule has 1 aliphatic heterocycles. The second kappa shape index (κ2) is 6.23. The zero-order valence-corrected chi connectivity index (χ0v) is 15.9. The van der Waals surface area contributed by atoms with Crippen LogP contribution in [0.1, 0.15) is 18.9 Å². The van der Waals surface area contributed by atoms with Crippen LogP contribution < -0.4 is 21.4 Å². The van der Waals surface area contributed by atoms with Gasteiger partial charge in [-0.3, -0.25) is 14.0 Å². The Bertz CT molecular complexity index is 1240. The average Bonchev–Trinajstić information content (AvgIpc) is 3.33. The number of fused-ring (bicyclic) bond motifs is 2. The highest BCUT2D eigenvalue weighted by atomic mass is 32.1. The SMILES string of the molecule is CONC1CN(c2cc3c(cc2F)c(=O)c2c(=O)[nH]sc2n3C2CC2)CC1=N. The summed E-state index contributed by atoms with van der Waals surface area (Å²) >= 11 is 1.15. The van der Waals surface area contributed by atoms with Crippen molar-refractivity contribution < 1.29 is 9.23 Å². The highest BCUT2D eigenvalue weighted by molar-refractivity contribution is 7.12. The van der Waals surface area contributed by atoms with E-state index in [0.29, 0.717) is 28.3 Å². The first-order valence-corrected chi connectivity index (χ1v) is 9.81. The first-order valence-electron chi connectivity index (χ1n) is 8.99. The van der Waals surface area contributed by atoms with Crippen LogP contribution in [-0.4, -0.2) is 40.9 Å². The van der Waals surface area contributed by atoms with Crippen molar-refractivity contribution in [1.82, 2.24) is 14.4 Å². The Kier molecular flexibility index (Phi) is 3.90. The minimum Gasteiger partial charge on any atom is -0.361 e. The first-order chi connectivity index (χ1) is 13.5. The zero-order valence-electron chi connectivity index (χ0n) is 15.0. The summed E-state index contributed by atoms with van der Waals surface area (Å²) < 4.78 is 19.6. The molecule has 146 valence electrons. The summed E-state index contributed by atoms with van der Waals surface area (Å²) in [7, 11) is 1.48. The number of hydrogen-bond donors (Lipinski definition) is 3. The van der Waals surface area contributed by atoms with Crippen LogP contribution in [0, 0.1) is 11.2 Å². The number of hydrogen-bond acceptors (Lipinski definition) is 7. The molecule has 1 unspecified atom stereocenters. The van der Waals surface area contributed by atoms with Crippen LogP contribution in [0.4, 0.5) is 10.1 Å². The third-order valence-electron chi connectivity index (χ3n) is 5.39. The van der Waals surface area contributed by atoms with Gasteiger partial charge in [0.25, 0.3) is 5.56 Å². The van der Waals surface area contributed by atoms with Gasteiger partial charge >= 0.3 is 0 Å². The number of anilines is 1. The van der Waals surface area contributed by atoms with Crippen LogP contribution in [0.2, 0.25) is 0 Å². The Balaban J connectivity index is 1.74. The second-order valence-corrected chi connectivity index (χ2v) is 8.04. The van der Waals surface area contributed by atoms with E-state index in [9.17, 15) is 14.0 Å². The van der Waals surface area contributed by atoms with Crippen molar-refractivity contribution in [2.45, 2.75) is 24.9 Å². The lowest BCUT2D eigenvalue weighted by atomic mass is 10.1. The van der Waals surface area contributed by atoms with Gasteiger partial charge in [0.2, 0.25) is 5.43 Å². The Morgan fingerprint density at radius 2 is 2.14 bits per heavy atom. The summed E-state index contributed by atoms with van der Waals surface area (Å²) in [5.41, 5.74) is 3.25. The smallest absolute Gasteiger partial charge is 0.271 e. The number of aromatic nitrogens is 2. The van der Waals surface area contributed by atoms with Crippen molar-refractivity contribution in [3.63, 3.8) is 0 Å².